The lowest BCUT2D eigenvalue weighted by molar-refractivity contribution is -0.134. The molecule has 0 unspecified atom stereocenters. The summed E-state index contributed by atoms with van der Waals surface area (Å²) >= 11 is 0. The first kappa shape index (κ1) is 13.3. The van der Waals surface area contributed by atoms with Crippen molar-refractivity contribution < 1.29 is 23.7 Å². The van der Waals surface area contributed by atoms with Gasteiger partial charge in [0.1, 0.15) is 0 Å². The summed E-state index contributed by atoms with van der Waals surface area (Å²) in [6.07, 6.45) is 2.40. The second kappa shape index (κ2) is 5.65. The molecule has 0 radical (unpaired) electrons. The Morgan fingerprint density at radius 3 is 2.16 bits per heavy atom. The van der Waals surface area contributed by atoms with E-state index in [0.29, 0.717) is 35.8 Å². The molecule has 5 nitrogen and oxygen atoms in total. The van der Waals surface area contributed by atoms with E-state index in [1.807, 2.05) is 0 Å². The summed E-state index contributed by atoms with van der Waals surface area (Å²) in [5, 5.41) is 0. The standard InChI is InChI=1S/C14H16O5/c1-16-11-7-9(6-10-4-5-19-14(10)15)8-12(17-2)13(11)18-3/h6-8H,4-5H2,1-3H3/b10-6-. The van der Waals surface area contributed by atoms with Crippen molar-refractivity contribution >= 4 is 12.0 Å². The number of carbonyl (C=O) groups is 1. The molecular formula is C14H16O5. The van der Waals surface area contributed by atoms with E-state index in [-0.39, 0.29) is 5.97 Å². The van der Waals surface area contributed by atoms with E-state index < -0.39 is 0 Å². The number of carbonyl (C=O) groups excluding carboxylic acids is 1. The minimum Gasteiger partial charge on any atom is -0.493 e. The van der Waals surface area contributed by atoms with Crippen LogP contribution in [0.2, 0.25) is 0 Å². The van der Waals surface area contributed by atoms with Gasteiger partial charge >= 0.3 is 5.97 Å². The van der Waals surface area contributed by atoms with Gasteiger partial charge in [-0.3, -0.25) is 0 Å². The van der Waals surface area contributed by atoms with Crippen LogP contribution in [0.3, 0.4) is 0 Å². The molecule has 1 aromatic carbocycles. The summed E-state index contributed by atoms with van der Waals surface area (Å²) in [7, 11) is 4.66. The van der Waals surface area contributed by atoms with Gasteiger partial charge in [-0.05, 0) is 23.8 Å². The third-order valence-electron chi connectivity index (χ3n) is 2.89. The lowest BCUT2D eigenvalue weighted by atomic mass is 10.1. The predicted octanol–water partition coefficient (Wildman–Crippen LogP) is 2.04. The SMILES string of the molecule is COc1cc(/C=C2/CCOC2=O)cc(OC)c1OC. The maximum atomic E-state index is 11.4. The van der Waals surface area contributed by atoms with Crippen molar-refractivity contribution in [1.82, 2.24) is 0 Å². The molecule has 2 rings (SSSR count). The smallest absolute Gasteiger partial charge is 0.334 e. The van der Waals surface area contributed by atoms with Crippen LogP contribution in [0.25, 0.3) is 6.08 Å². The maximum absolute atomic E-state index is 11.4. The highest BCUT2D eigenvalue weighted by Crippen LogP contribution is 2.38. The zero-order valence-corrected chi connectivity index (χ0v) is 11.2. The van der Waals surface area contributed by atoms with Crippen LogP contribution < -0.4 is 14.2 Å². The van der Waals surface area contributed by atoms with Crippen molar-refractivity contribution in [2.24, 2.45) is 0 Å². The molecule has 0 spiro atoms. The molecule has 1 saturated heterocycles. The van der Waals surface area contributed by atoms with Gasteiger partial charge in [-0.15, -0.1) is 0 Å². The zero-order chi connectivity index (χ0) is 13.8. The highest BCUT2D eigenvalue weighted by molar-refractivity contribution is 5.95. The lowest BCUT2D eigenvalue weighted by Crippen LogP contribution is -1.97. The fourth-order valence-corrected chi connectivity index (χ4v) is 1.97. The van der Waals surface area contributed by atoms with E-state index in [1.54, 1.807) is 39.5 Å². The summed E-state index contributed by atoms with van der Waals surface area (Å²) in [4.78, 5) is 11.4. The molecule has 0 atom stereocenters. The monoisotopic (exact) mass is 264 g/mol. The van der Waals surface area contributed by atoms with Crippen LogP contribution in [-0.2, 0) is 9.53 Å². The highest BCUT2D eigenvalue weighted by Gasteiger charge is 2.19. The average Bonchev–Trinajstić information content (AvgIpc) is 2.83. The van der Waals surface area contributed by atoms with Gasteiger partial charge in [-0.1, -0.05) is 0 Å². The van der Waals surface area contributed by atoms with E-state index in [1.165, 1.54) is 0 Å². The molecule has 0 amide bonds. The number of benzene rings is 1. The van der Waals surface area contributed by atoms with Crippen molar-refractivity contribution in [2.75, 3.05) is 27.9 Å². The first-order chi connectivity index (χ1) is 9.19. The second-order valence-electron chi connectivity index (χ2n) is 4.01. The minimum atomic E-state index is -0.270. The van der Waals surface area contributed by atoms with E-state index in [0.717, 1.165) is 5.56 Å². The number of hydrogen-bond acceptors (Lipinski definition) is 5. The molecule has 19 heavy (non-hydrogen) atoms. The van der Waals surface area contributed by atoms with Crippen LogP contribution in [0.1, 0.15) is 12.0 Å². The van der Waals surface area contributed by atoms with Gasteiger partial charge < -0.3 is 18.9 Å². The zero-order valence-electron chi connectivity index (χ0n) is 11.2. The van der Waals surface area contributed by atoms with E-state index in [9.17, 15) is 4.79 Å². The van der Waals surface area contributed by atoms with Gasteiger partial charge in [0, 0.05) is 12.0 Å². The average molecular weight is 264 g/mol. The molecule has 0 aromatic heterocycles. The summed E-state index contributed by atoms with van der Waals surface area (Å²) in [6, 6.07) is 3.58. The molecule has 0 saturated carbocycles. The Bertz CT molecular complexity index is 494. The summed E-state index contributed by atoms with van der Waals surface area (Å²) in [5.41, 5.74) is 1.46. The van der Waals surface area contributed by atoms with Crippen molar-refractivity contribution in [1.29, 1.82) is 0 Å². The number of cyclic esters (lactones) is 1. The Morgan fingerprint density at radius 1 is 1.11 bits per heavy atom. The quantitative estimate of drug-likeness (QED) is 0.615. The van der Waals surface area contributed by atoms with E-state index >= 15 is 0 Å². The van der Waals surface area contributed by atoms with Crippen LogP contribution >= 0.6 is 0 Å². The normalized spacial score (nSPS) is 16.4. The van der Waals surface area contributed by atoms with Crippen molar-refractivity contribution in [3.05, 3.63) is 23.3 Å². The second-order valence-corrected chi connectivity index (χ2v) is 4.01. The van der Waals surface area contributed by atoms with Crippen LogP contribution in [0.15, 0.2) is 17.7 Å². The van der Waals surface area contributed by atoms with E-state index in [4.69, 9.17) is 18.9 Å². The number of methoxy groups -OCH3 is 3. The molecule has 1 fully saturated rings. The minimum absolute atomic E-state index is 0.270. The molecule has 102 valence electrons. The van der Waals surface area contributed by atoms with E-state index in [2.05, 4.69) is 0 Å². The van der Waals surface area contributed by atoms with Crippen molar-refractivity contribution in [3.63, 3.8) is 0 Å². The van der Waals surface area contributed by atoms with Crippen molar-refractivity contribution in [2.45, 2.75) is 6.42 Å². The Hall–Kier alpha value is -2.17. The third-order valence-corrected chi connectivity index (χ3v) is 2.89. The Morgan fingerprint density at radius 2 is 1.74 bits per heavy atom. The van der Waals surface area contributed by atoms with Gasteiger partial charge in [0.2, 0.25) is 5.75 Å². The number of hydrogen-bond donors (Lipinski definition) is 0. The Labute approximate surface area is 111 Å². The predicted molar refractivity (Wildman–Crippen MR) is 69.7 cm³/mol. The molecular weight excluding hydrogens is 248 g/mol. The molecule has 5 heteroatoms. The Balaban J connectivity index is 2.44. The molecule has 1 heterocycles. The topological polar surface area (TPSA) is 54.0 Å². The van der Waals surface area contributed by atoms with Gasteiger partial charge in [0.05, 0.1) is 27.9 Å². The highest BCUT2D eigenvalue weighted by atomic mass is 16.5. The lowest BCUT2D eigenvalue weighted by Gasteiger charge is -2.13. The van der Waals surface area contributed by atoms with Crippen LogP contribution in [0.4, 0.5) is 0 Å². The van der Waals surface area contributed by atoms with Gasteiger partial charge in [0.25, 0.3) is 0 Å². The molecule has 1 aliphatic heterocycles. The van der Waals surface area contributed by atoms with Crippen LogP contribution in [0.5, 0.6) is 17.2 Å². The molecule has 1 aliphatic rings. The largest absolute Gasteiger partial charge is 0.493 e. The summed E-state index contributed by atoms with van der Waals surface area (Å²) < 4.78 is 20.7. The number of ether oxygens (including phenoxy) is 4. The van der Waals surface area contributed by atoms with Gasteiger partial charge in [-0.2, -0.15) is 0 Å². The van der Waals surface area contributed by atoms with Crippen LogP contribution in [0, 0.1) is 0 Å². The van der Waals surface area contributed by atoms with Crippen molar-refractivity contribution in [3.8, 4) is 17.2 Å². The fraction of sp³-hybridized carbons (Fsp3) is 0.357. The van der Waals surface area contributed by atoms with Crippen LogP contribution in [-0.4, -0.2) is 33.9 Å². The van der Waals surface area contributed by atoms with Gasteiger partial charge in [-0.25, -0.2) is 4.79 Å². The summed E-state index contributed by atoms with van der Waals surface area (Å²) in [5.74, 6) is 1.37. The number of esters is 1. The molecule has 1 aromatic rings. The molecule has 0 bridgehead atoms. The summed E-state index contributed by atoms with van der Waals surface area (Å²) in [6.45, 7) is 0.440. The fourth-order valence-electron chi connectivity index (χ4n) is 1.97. The number of rotatable bonds is 4. The van der Waals surface area contributed by atoms with Gasteiger partial charge in [0.15, 0.2) is 11.5 Å². The maximum Gasteiger partial charge on any atom is 0.334 e. The Kier molecular flexibility index (Phi) is 3.94. The first-order valence-corrected chi connectivity index (χ1v) is 5.87. The molecule has 0 N–H and O–H groups in total. The third kappa shape index (κ3) is 2.65. The first-order valence-electron chi connectivity index (χ1n) is 5.87. The molecule has 0 aliphatic carbocycles.